The van der Waals surface area contributed by atoms with Gasteiger partial charge in [-0.1, -0.05) is 34.5 Å². The van der Waals surface area contributed by atoms with Crippen molar-refractivity contribution < 1.29 is 0 Å². The first-order valence-corrected chi connectivity index (χ1v) is 6.03. The molecular formula is C12H16BrN. The topological polar surface area (TPSA) is 12.0 Å². The zero-order valence-corrected chi connectivity index (χ0v) is 10.0. The van der Waals surface area contributed by atoms with Crippen LogP contribution in [-0.2, 0) is 0 Å². The smallest absolute Gasteiger partial charge is 0.0346 e. The van der Waals surface area contributed by atoms with Gasteiger partial charge in [0.05, 0.1) is 0 Å². The minimum atomic E-state index is 0.543. The summed E-state index contributed by atoms with van der Waals surface area (Å²) in [6, 6.07) is 9.17. The van der Waals surface area contributed by atoms with Crippen LogP contribution in [0.5, 0.6) is 0 Å². The first kappa shape index (κ1) is 10.2. The molecule has 0 aromatic heterocycles. The molecule has 2 heteroatoms. The summed E-state index contributed by atoms with van der Waals surface area (Å²) in [5.74, 6) is 0.842. The van der Waals surface area contributed by atoms with Gasteiger partial charge in [0.1, 0.15) is 0 Å². The monoisotopic (exact) mass is 253 g/mol. The van der Waals surface area contributed by atoms with E-state index in [1.165, 1.54) is 29.3 Å². The zero-order valence-electron chi connectivity index (χ0n) is 8.46. The van der Waals surface area contributed by atoms with E-state index in [2.05, 4.69) is 52.6 Å². The summed E-state index contributed by atoms with van der Waals surface area (Å²) in [4.78, 5) is 0. The molecule has 0 aliphatic heterocycles. The van der Waals surface area contributed by atoms with Crippen LogP contribution >= 0.6 is 15.9 Å². The molecule has 0 amide bonds. The Morgan fingerprint density at radius 2 is 2.21 bits per heavy atom. The van der Waals surface area contributed by atoms with Gasteiger partial charge in [0, 0.05) is 10.5 Å². The van der Waals surface area contributed by atoms with Crippen molar-refractivity contribution in [1.82, 2.24) is 5.32 Å². The molecule has 1 aromatic carbocycles. The van der Waals surface area contributed by atoms with Gasteiger partial charge in [0.25, 0.3) is 0 Å². The summed E-state index contributed by atoms with van der Waals surface area (Å²) < 4.78 is 1.18. The largest absolute Gasteiger partial charge is 0.313 e. The van der Waals surface area contributed by atoms with Crippen LogP contribution in [0.4, 0.5) is 0 Å². The van der Waals surface area contributed by atoms with Crippen LogP contribution in [0.2, 0.25) is 0 Å². The maximum Gasteiger partial charge on any atom is 0.0346 e. The Hall–Kier alpha value is -0.340. The molecule has 1 saturated carbocycles. The third-order valence-corrected chi connectivity index (χ3v) is 3.63. The molecule has 0 bridgehead atoms. The Bertz CT molecular complexity index is 307. The zero-order chi connectivity index (χ0) is 9.97. The average Bonchev–Trinajstić information content (AvgIpc) is 2.10. The molecule has 1 aliphatic carbocycles. The highest BCUT2D eigenvalue weighted by Crippen LogP contribution is 2.37. The van der Waals surface area contributed by atoms with Gasteiger partial charge in [-0.3, -0.25) is 0 Å². The van der Waals surface area contributed by atoms with Gasteiger partial charge >= 0.3 is 0 Å². The quantitative estimate of drug-likeness (QED) is 0.870. The fourth-order valence-electron chi connectivity index (χ4n) is 2.15. The summed E-state index contributed by atoms with van der Waals surface area (Å²) in [5.41, 5.74) is 1.41. The molecule has 1 fully saturated rings. The van der Waals surface area contributed by atoms with Crippen molar-refractivity contribution in [2.75, 3.05) is 7.05 Å². The Morgan fingerprint density at radius 3 is 2.71 bits per heavy atom. The normalized spacial score (nSPS) is 19.0. The van der Waals surface area contributed by atoms with Gasteiger partial charge in [0.15, 0.2) is 0 Å². The van der Waals surface area contributed by atoms with Crippen molar-refractivity contribution in [3.8, 4) is 0 Å². The van der Waals surface area contributed by atoms with Crippen molar-refractivity contribution >= 4 is 15.9 Å². The minimum absolute atomic E-state index is 0.543. The SMILES string of the molecule is CNC(c1cccc(Br)c1)C1CCC1. The number of hydrogen-bond donors (Lipinski definition) is 1. The number of benzene rings is 1. The standard InChI is InChI=1S/C12H16BrN/c1-14-12(9-4-2-5-9)10-6-3-7-11(13)8-10/h3,6-9,12,14H,2,4-5H2,1H3. The van der Waals surface area contributed by atoms with Crippen molar-refractivity contribution in [3.63, 3.8) is 0 Å². The molecule has 1 N–H and O–H groups in total. The van der Waals surface area contributed by atoms with Crippen LogP contribution in [0.15, 0.2) is 28.7 Å². The molecule has 0 heterocycles. The van der Waals surface area contributed by atoms with Crippen LogP contribution in [0.3, 0.4) is 0 Å². The third-order valence-electron chi connectivity index (χ3n) is 3.14. The fraction of sp³-hybridized carbons (Fsp3) is 0.500. The molecule has 76 valence electrons. The van der Waals surface area contributed by atoms with Crippen molar-refractivity contribution in [3.05, 3.63) is 34.3 Å². The number of nitrogens with one attached hydrogen (secondary N) is 1. The first-order chi connectivity index (χ1) is 6.81. The maximum absolute atomic E-state index is 3.52. The van der Waals surface area contributed by atoms with Crippen LogP contribution in [0, 0.1) is 5.92 Å². The minimum Gasteiger partial charge on any atom is -0.313 e. The Labute approximate surface area is 94.0 Å². The second-order valence-corrected chi connectivity index (χ2v) is 4.93. The Kier molecular flexibility index (Phi) is 3.24. The van der Waals surface area contributed by atoms with E-state index in [9.17, 15) is 0 Å². The summed E-state index contributed by atoms with van der Waals surface area (Å²) >= 11 is 3.52. The summed E-state index contributed by atoms with van der Waals surface area (Å²) in [7, 11) is 2.06. The number of halogens is 1. The molecule has 14 heavy (non-hydrogen) atoms. The molecule has 1 atom stereocenters. The van der Waals surface area contributed by atoms with Crippen LogP contribution < -0.4 is 5.32 Å². The van der Waals surface area contributed by atoms with Gasteiger partial charge in [-0.25, -0.2) is 0 Å². The molecule has 0 spiro atoms. The van der Waals surface area contributed by atoms with Crippen LogP contribution in [0.1, 0.15) is 30.9 Å². The van der Waals surface area contributed by atoms with E-state index < -0.39 is 0 Å². The lowest BCUT2D eigenvalue weighted by molar-refractivity contribution is 0.239. The van der Waals surface area contributed by atoms with Gasteiger partial charge in [-0.05, 0) is 43.5 Å². The van der Waals surface area contributed by atoms with E-state index in [0.29, 0.717) is 6.04 Å². The van der Waals surface area contributed by atoms with Crippen molar-refractivity contribution in [1.29, 1.82) is 0 Å². The fourth-order valence-corrected chi connectivity index (χ4v) is 2.56. The molecule has 2 rings (SSSR count). The van der Waals surface area contributed by atoms with Gasteiger partial charge < -0.3 is 5.32 Å². The molecule has 1 unspecified atom stereocenters. The summed E-state index contributed by atoms with van der Waals surface area (Å²) in [6.45, 7) is 0. The first-order valence-electron chi connectivity index (χ1n) is 5.24. The maximum atomic E-state index is 3.52. The molecule has 0 saturated heterocycles. The van der Waals surface area contributed by atoms with E-state index in [1.807, 2.05) is 0 Å². The molecule has 1 aliphatic rings. The van der Waals surface area contributed by atoms with E-state index in [4.69, 9.17) is 0 Å². The highest BCUT2D eigenvalue weighted by atomic mass is 79.9. The molecule has 1 nitrogen and oxygen atoms in total. The molecular weight excluding hydrogens is 238 g/mol. The van der Waals surface area contributed by atoms with E-state index in [-0.39, 0.29) is 0 Å². The van der Waals surface area contributed by atoms with Crippen LogP contribution in [-0.4, -0.2) is 7.05 Å². The third kappa shape index (κ3) is 2.01. The van der Waals surface area contributed by atoms with Gasteiger partial charge in [0.2, 0.25) is 0 Å². The lowest BCUT2D eigenvalue weighted by atomic mass is 9.77. The van der Waals surface area contributed by atoms with Crippen molar-refractivity contribution in [2.24, 2.45) is 5.92 Å². The molecule has 1 aromatic rings. The molecule has 0 radical (unpaired) electrons. The Morgan fingerprint density at radius 1 is 1.43 bits per heavy atom. The Balaban J connectivity index is 2.17. The number of rotatable bonds is 3. The summed E-state index contributed by atoms with van der Waals surface area (Å²) in [5, 5.41) is 3.43. The van der Waals surface area contributed by atoms with Gasteiger partial charge in [-0.2, -0.15) is 0 Å². The van der Waals surface area contributed by atoms with E-state index in [0.717, 1.165) is 5.92 Å². The van der Waals surface area contributed by atoms with Gasteiger partial charge in [-0.15, -0.1) is 0 Å². The highest BCUT2D eigenvalue weighted by Gasteiger charge is 2.27. The van der Waals surface area contributed by atoms with E-state index >= 15 is 0 Å². The highest BCUT2D eigenvalue weighted by molar-refractivity contribution is 9.10. The summed E-state index contributed by atoms with van der Waals surface area (Å²) in [6.07, 6.45) is 4.15. The lowest BCUT2D eigenvalue weighted by Gasteiger charge is -2.34. The second-order valence-electron chi connectivity index (χ2n) is 4.01. The average molecular weight is 254 g/mol. The lowest BCUT2D eigenvalue weighted by Crippen LogP contribution is -2.29. The van der Waals surface area contributed by atoms with Crippen molar-refractivity contribution in [2.45, 2.75) is 25.3 Å². The van der Waals surface area contributed by atoms with Crippen LogP contribution in [0.25, 0.3) is 0 Å². The van der Waals surface area contributed by atoms with E-state index in [1.54, 1.807) is 0 Å². The second kappa shape index (κ2) is 4.45. The predicted octanol–water partition coefficient (Wildman–Crippen LogP) is 3.51. The number of hydrogen-bond acceptors (Lipinski definition) is 1. The predicted molar refractivity (Wildman–Crippen MR) is 63.3 cm³/mol.